The lowest BCUT2D eigenvalue weighted by Gasteiger charge is -2.13. The molecule has 0 aliphatic heterocycles. The summed E-state index contributed by atoms with van der Waals surface area (Å²) in [5.74, 6) is 4.07. The van der Waals surface area contributed by atoms with Crippen molar-refractivity contribution < 1.29 is 9.47 Å². The highest BCUT2D eigenvalue weighted by Gasteiger charge is 2.10. The molecule has 0 aromatic heterocycles. The highest BCUT2D eigenvalue weighted by molar-refractivity contribution is 6.32. The lowest BCUT2D eigenvalue weighted by Crippen LogP contribution is -1.99. The highest BCUT2D eigenvalue weighted by Crippen LogP contribution is 2.33. The van der Waals surface area contributed by atoms with Crippen LogP contribution in [-0.4, -0.2) is 13.2 Å². The zero-order valence-electron chi connectivity index (χ0n) is 10.3. The normalized spacial score (nSPS) is 9.76. The molecule has 17 heavy (non-hydrogen) atoms. The molecule has 92 valence electrons. The summed E-state index contributed by atoms with van der Waals surface area (Å²) in [5.41, 5.74) is 1.03. The first-order valence-electron chi connectivity index (χ1n) is 5.74. The van der Waals surface area contributed by atoms with Crippen LogP contribution in [0.4, 0.5) is 0 Å². The molecule has 0 radical (unpaired) electrons. The maximum absolute atomic E-state index is 6.13. The highest BCUT2D eigenvalue weighted by atomic mass is 35.5. The Morgan fingerprint density at radius 2 is 1.82 bits per heavy atom. The minimum atomic E-state index is 0.578. The van der Waals surface area contributed by atoms with E-state index in [4.69, 9.17) is 27.5 Å². The molecule has 0 heterocycles. The lowest BCUT2D eigenvalue weighted by atomic mass is 10.1. The smallest absolute Gasteiger partial charge is 0.141 e. The van der Waals surface area contributed by atoms with Gasteiger partial charge in [-0.2, -0.15) is 0 Å². The van der Waals surface area contributed by atoms with Crippen LogP contribution in [0.25, 0.3) is 0 Å². The number of rotatable bonds is 6. The van der Waals surface area contributed by atoms with Crippen LogP contribution in [0.5, 0.6) is 11.5 Å². The van der Waals surface area contributed by atoms with Crippen LogP contribution >= 0.6 is 11.6 Å². The van der Waals surface area contributed by atoms with Gasteiger partial charge in [0.05, 0.1) is 18.2 Å². The zero-order chi connectivity index (χ0) is 12.7. The van der Waals surface area contributed by atoms with Crippen molar-refractivity contribution in [3.05, 3.63) is 22.7 Å². The van der Waals surface area contributed by atoms with Crippen LogP contribution in [0.3, 0.4) is 0 Å². The van der Waals surface area contributed by atoms with Crippen molar-refractivity contribution in [1.82, 2.24) is 0 Å². The van der Waals surface area contributed by atoms with Crippen LogP contribution < -0.4 is 9.47 Å². The van der Waals surface area contributed by atoms with Gasteiger partial charge >= 0.3 is 0 Å². The van der Waals surface area contributed by atoms with Gasteiger partial charge < -0.3 is 9.47 Å². The summed E-state index contributed by atoms with van der Waals surface area (Å²) in [6, 6.07) is 3.70. The van der Waals surface area contributed by atoms with Crippen molar-refractivity contribution in [2.75, 3.05) is 13.2 Å². The molecule has 0 saturated carbocycles. The van der Waals surface area contributed by atoms with Gasteiger partial charge in [0.25, 0.3) is 0 Å². The van der Waals surface area contributed by atoms with Gasteiger partial charge in [-0.15, -0.1) is 12.3 Å². The summed E-state index contributed by atoms with van der Waals surface area (Å²) in [5, 5.41) is 0.599. The zero-order valence-corrected chi connectivity index (χ0v) is 11.0. The molecule has 0 saturated heterocycles. The van der Waals surface area contributed by atoms with Gasteiger partial charge in [-0.3, -0.25) is 0 Å². The van der Waals surface area contributed by atoms with Gasteiger partial charge in [-0.05, 0) is 31.9 Å². The van der Waals surface area contributed by atoms with E-state index in [9.17, 15) is 0 Å². The molecule has 1 aromatic carbocycles. The Labute approximate surface area is 108 Å². The molecule has 0 aliphatic carbocycles. The fourth-order valence-corrected chi connectivity index (χ4v) is 1.77. The van der Waals surface area contributed by atoms with E-state index in [0.29, 0.717) is 30.4 Å². The summed E-state index contributed by atoms with van der Waals surface area (Å²) in [7, 11) is 0. The first kappa shape index (κ1) is 13.7. The third-order valence-electron chi connectivity index (χ3n) is 2.25. The molecule has 0 unspecified atom stereocenters. The van der Waals surface area contributed by atoms with Crippen molar-refractivity contribution >= 4 is 11.6 Å². The molecule has 0 N–H and O–H groups in total. The van der Waals surface area contributed by atoms with E-state index in [1.807, 2.05) is 26.0 Å². The van der Waals surface area contributed by atoms with E-state index in [-0.39, 0.29) is 0 Å². The minimum Gasteiger partial charge on any atom is -0.493 e. The topological polar surface area (TPSA) is 18.5 Å². The predicted octanol–water partition coefficient (Wildman–Crippen LogP) is 3.70. The Hall–Kier alpha value is -1.33. The van der Waals surface area contributed by atoms with Gasteiger partial charge in [-0.1, -0.05) is 11.6 Å². The third-order valence-corrected chi connectivity index (χ3v) is 2.55. The Balaban J connectivity index is 3.02. The largest absolute Gasteiger partial charge is 0.493 e. The average Bonchev–Trinajstić information content (AvgIpc) is 2.32. The number of aryl methyl sites for hydroxylation is 1. The van der Waals surface area contributed by atoms with Crippen molar-refractivity contribution in [2.24, 2.45) is 0 Å². The standard InChI is InChI=1S/C14H17ClO2/c1-4-7-8-11-9-12(15)14(17-6-3)10-13(11)16-5-2/h1,9-10H,5-8H2,2-3H3. The minimum absolute atomic E-state index is 0.578. The molecule has 0 aliphatic rings. The van der Waals surface area contributed by atoms with E-state index < -0.39 is 0 Å². The molecule has 1 rings (SSSR count). The Morgan fingerprint density at radius 3 is 2.41 bits per heavy atom. The van der Waals surface area contributed by atoms with Crippen LogP contribution in [0, 0.1) is 12.3 Å². The SMILES string of the molecule is C#CCCc1cc(Cl)c(OCC)cc1OCC. The fourth-order valence-electron chi connectivity index (χ4n) is 1.53. The molecule has 1 aromatic rings. The summed E-state index contributed by atoms with van der Waals surface area (Å²) in [4.78, 5) is 0. The van der Waals surface area contributed by atoms with Crippen molar-refractivity contribution in [3.8, 4) is 23.8 Å². The van der Waals surface area contributed by atoms with Gasteiger partial charge in [0.15, 0.2) is 0 Å². The van der Waals surface area contributed by atoms with E-state index in [1.165, 1.54) is 0 Å². The Bertz CT molecular complexity index is 407. The molecule has 0 fully saturated rings. The average molecular weight is 253 g/mol. The number of benzene rings is 1. The van der Waals surface area contributed by atoms with Crippen LogP contribution in [-0.2, 0) is 6.42 Å². The summed E-state index contributed by atoms with van der Waals surface area (Å²) in [6.45, 7) is 5.05. The van der Waals surface area contributed by atoms with Crippen molar-refractivity contribution in [3.63, 3.8) is 0 Å². The van der Waals surface area contributed by atoms with Gasteiger partial charge in [-0.25, -0.2) is 0 Å². The molecular formula is C14H17ClO2. The van der Waals surface area contributed by atoms with E-state index in [0.717, 1.165) is 17.7 Å². The lowest BCUT2D eigenvalue weighted by molar-refractivity contribution is 0.321. The molecular weight excluding hydrogens is 236 g/mol. The maximum Gasteiger partial charge on any atom is 0.141 e. The summed E-state index contributed by atoms with van der Waals surface area (Å²) < 4.78 is 11.0. The predicted molar refractivity (Wildman–Crippen MR) is 70.9 cm³/mol. The summed E-state index contributed by atoms with van der Waals surface area (Å²) in [6.07, 6.45) is 6.70. The molecule has 0 atom stereocenters. The van der Waals surface area contributed by atoms with Gasteiger partial charge in [0.2, 0.25) is 0 Å². The maximum atomic E-state index is 6.13. The van der Waals surface area contributed by atoms with Gasteiger partial charge in [0.1, 0.15) is 11.5 Å². The quantitative estimate of drug-likeness (QED) is 0.719. The number of terminal acetylenes is 1. The first-order valence-corrected chi connectivity index (χ1v) is 6.12. The van der Waals surface area contributed by atoms with Crippen LogP contribution in [0.2, 0.25) is 5.02 Å². The molecule has 2 nitrogen and oxygen atoms in total. The number of halogens is 1. The van der Waals surface area contributed by atoms with Gasteiger partial charge in [0, 0.05) is 12.5 Å². The second kappa shape index (κ2) is 7.09. The fraction of sp³-hybridized carbons (Fsp3) is 0.429. The van der Waals surface area contributed by atoms with Crippen molar-refractivity contribution in [1.29, 1.82) is 0 Å². The number of ether oxygens (including phenoxy) is 2. The van der Waals surface area contributed by atoms with E-state index >= 15 is 0 Å². The molecule has 0 bridgehead atoms. The molecule has 0 spiro atoms. The Morgan fingerprint density at radius 1 is 1.18 bits per heavy atom. The van der Waals surface area contributed by atoms with Crippen LogP contribution in [0.1, 0.15) is 25.8 Å². The van der Waals surface area contributed by atoms with Crippen molar-refractivity contribution in [2.45, 2.75) is 26.7 Å². The summed E-state index contributed by atoms with van der Waals surface area (Å²) >= 11 is 6.13. The second-order valence-electron chi connectivity index (χ2n) is 3.46. The first-order chi connectivity index (χ1) is 8.22. The van der Waals surface area contributed by atoms with Crippen LogP contribution in [0.15, 0.2) is 12.1 Å². The molecule has 3 heteroatoms. The monoisotopic (exact) mass is 252 g/mol. The van der Waals surface area contributed by atoms with E-state index in [2.05, 4.69) is 5.92 Å². The second-order valence-corrected chi connectivity index (χ2v) is 3.87. The van der Waals surface area contributed by atoms with E-state index in [1.54, 1.807) is 0 Å². The Kier molecular flexibility index (Phi) is 5.72. The third kappa shape index (κ3) is 3.87. The number of hydrogen-bond donors (Lipinski definition) is 0. The number of hydrogen-bond acceptors (Lipinski definition) is 2. The molecule has 0 amide bonds.